The molecule has 0 aliphatic carbocycles. The van der Waals surface area contributed by atoms with Gasteiger partial charge in [0.2, 0.25) is 0 Å². The van der Waals surface area contributed by atoms with Crippen LogP contribution in [0.3, 0.4) is 0 Å². The summed E-state index contributed by atoms with van der Waals surface area (Å²) >= 11 is 0. The van der Waals surface area contributed by atoms with Gasteiger partial charge in [-0.15, -0.1) is 0 Å². The molecule has 0 saturated carbocycles. The zero-order valence-electron chi connectivity index (χ0n) is 17.6. The number of nitrogens with zero attached hydrogens (tertiary/aromatic N) is 1. The van der Waals surface area contributed by atoms with E-state index in [-0.39, 0.29) is 5.54 Å². The average molecular weight is 374 g/mol. The van der Waals surface area contributed by atoms with E-state index in [1.54, 1.807) is 0 Å². The van der Waals surface area contributed by atoms with Crippen molar-refractivity contribution in [2.75, 3.05) is 13.1 Å². The lowest BCUT2D eigenvalue weighted by atomic mass is 9.75. The smallest absolute Gasteiger partial charge is 0.427 e. The molecule has 1 fully saturated rings. The molecule has 1 heterocycles. The van der Waals surface area contributed by atoms with Crippen LogP contribution < -0.4 is 5.73 Å². The molecular formula is C22H39BN2O2. The number of benzene rings is 1. The second-order valence-corrected chi connectivity index (χ2v) is 8.80. The van der Waals surface area contributed by atoms with E-state index in [9.17, 15) is 0 Å². The first-order valence-corrected chi connectivity index (χ1v) is 10.8. The number of aryl methyl sites for hydroxylation is 2. The third-order valence-corrected chi connectivity index (χ3v) is 6.22. The summed E-state index contributed by atoms with van der Waals surface area (Å²) in [6, 6.07) is 6.91. The molecule has 152 valence electrons. The van der Waals surface area contributed by atoms with Gasteiger partial charge in [-0.25, -0.2) is 0 Å². The van der Waals surface area contributed by atoms with Gasteiger partial charge in [-0.3, -0.25) is 4.90 Å². The molecule has 1 aliphatic rings. The van der Waals surface area contributed by atoms with Gasteiger partial charge < -0.3 is 15.8 Å². The largest absolute Gasteiger partial charge is 0.451 e. The number of piperidine rings is 1. The highest BCUT2D eigenvalue weighted by Gasteiger charge is 2.32. The maximum absolute atomic E-state index is 8.97. The molecule has 1 atom stereocenters. The predicted octanol–water partition coefficient (Wildman–Crippen LogP) is 3.52. The minimum Gasteiger partial charge on any atom is -0.427 e. The molecule has 1 aromatic rings. The Kier molecular flexibility index (Phi) is 8.81. The van der Waals surface area contributed by atoms with E-state index < -0.39 is 7.12 Å². The number of hydrogen-bond acceptors (Lipinski definition) is 4. The Labute approximate surface area is 166 Å². The fourth-order valence-electron chi connectivity index (χ4n) is 4.44. The minimum atomic E-state index is -1.18. The topological polar surface area (TPSA) is 69.7 Å². The number of rotatable bonds is 10. The van der Waals surface area contributed by atoms with Crippen molar-refractivity contribution in [3.8, 4) is 0 Å². The van der Waals surface area contributed by atoms with E-state index in [1.807, 2.05) is 0 Å². The van der Waals surface area contributed by atoms with Crippen molar-refractivity contribution < 1.29 is 10.0 Å². The van der Waals surface area contributed by atoms with Crippen molar-refractivity contribution in [2.45, 2.75) is 84.1 Å². The van der Waals surface area contributed by atoms with Crippen molar-refractivity contribution in [2.24, 2.45) is 11.7 Å². The third-order valence-electron chi connectivity index (χ3n) is 6.22. The lowest BCUT2D eigenvalue weighted by molar-refractivity contribution is 0.125. The SMILES string of the molecule is CCCc1cc(C)ccc1CN1CCC(C(C)(N)CCCCB(O)O)CC1. The van der Waals surface area contributed by atoms with Gasteiger partial charge in [-0.05, 0) is 76.0 Å². The Morgan fingerprint density at radius 1 is 1.19 bits per heavy atom. The first kappa shape index (κ1) is 22.4. The minimum absolute atomic E-state index is 0.149. The van der Waals surface area contributed by atoms with Crippen LogP contribution in [-0.2, 0) is 13.0 Å². The van der Waals surface area contributed by atoms with Crippen LogP contribution in [0.25, 0.3) is 0 Å². The molecule has 1 saturated heterocycles. The fourth-order valence-corrected chi connectivity index (χ4v) is 4.44. The Morgan fingerprint density at radius 3 is 2.52 bits per heavy atom. The molecule has 0 amide bonds. The molecule has 1 aliphatic heterocycles. The molecule has 4 N–H and O–H groups in total. The summed E-state index contributed by atoms with van der Waals surface area (Å²) in [5, 5.41) is 17.9. The Morgan fingerprint density at radius 2 is 1.89 bits per heavy atom. The lowest BCUT2D eigenvalue weighted by Gasteiger charge is -2.41. The predicted molar refractivity (Wildman–Crippen MR) is 115 cm³/mol. The second-order valence-electron chi connectivity index (χ2n) is 8.80. The number of likely N-dealkylation sites (tertiary alicyclic amines) is 1. The molecule has 0 spiro atoms. The summed E-state index contributed by atoms with van der Waals surface area (Å²) in [7, 11) is -1.18. The Hall–Kier alpha value is -0.875. The van der Waals surface area contributed by atoms with Crippen molar-refractivity contribution in [3.05, 3.63) is 34.9 Å². The average Bonchev–Trinajstić information content (AvgIpc) is 2.62. The Bertz CT molecular complexity index is 569. The van der Waals surface area contributed by atoms with Gasteiger partial charge in [-0.1, -0.05) is 49.9 Å². The van der Waals surface area contributed by atoms with E-state index in [0.29, 0.717) is 12.2 Å². The van der Waals surface area contributed by atoms with Gasteiger partial charge in [0.1, 0.15) is 0 Å². The summed E-state index contributed by atoms with van der Waals surface area (Å²) in [6.07, 6.45) is 7.88. The molecule has 4 nitrogen and oxygen atoms in total. The third kappa shape index (κ3) is 7.22. The summed E-state index contributed by atoms with van der Waals surface area (Å²) in [4.78, 5) is 2.58. The summed E-state index contributed by atoms with van der Waals surface area (Å²) in [6.45, 7) is 9.90. The van der Waals surface area contributed by atoms with Gasteiger partial charge in [0.25, 0.3) is 0 Å². The molecular weight excluding hydrogens is 335 g/mol. The fraction of sp³-hybridized carbons (Fsp3) is 0.727. The maximum Gasteiger partial charge on any atom is 0.451 e. The van der Waals surface area contributed by atoms with Crippen molar-refractivity contribution in [1.29, 1.82) is 0 Å². The second kappa shape index (κ2) is 10.6. The Balaban J connectivity index is 1.82. The van der Waals surface area contributed by atoms with Crippen molar-refractivity contribution >= 4 is 7.12 Å². The van der Waals surface area contributed by atoms with Crippen LogP contribution in [0.1, 0.15) is 69.1 Å². The number of hydrogen-bond donors (Lipinski definition) is 3. The maximum atomic E-state index is 8.97. The summed E-state index contributed by atoms with van der Waals surface area (Å²) < 4.78 is 0. The van der Waals surface area contributed by atoms with Crippen molar-refractivity contribution in [3.63, 3.8) is 0 Å². The molecule has 0 bridgehead atoms. The molecule has 5 heteroatoms. The van der Waals surface area contributed by atoms with Crippen molar-refractivity contribution in [1.82, 2.24) is 4.90 Å². The number of unbranched alkanes of at least 4 members (excludes halogenated alkanes) is 1. The molecule has 0 radical (unpaired) electrons. The molecule has 1 unspecified atom stereocenters. The van der Waals surface area contributed by atoms with E-state index in [1.165, 1.54) is 23.1 Å². The number of nitrogens with two attached hydrogens (primary N) is 1. The first-order chi connectivity index (χ1) is 12.8. The quantitative estimate of drug-likeness (QED) is 0.433. The molecule has 27 heavy (non-hydrogen) atoms. The zero-order valence-corrected chi connectivity index (χ0v) is 17.6. The molecule has 1 aromatic carbocycles. The zero-order chi connectivity index (χ0) is 19.9. The van der Waals surface area contributed by atoms with Crippen LogP contribution in [0.15, 0.2) is 18.2 Å². The van der Waals surface area contributed by atoms with Gasteiger partial charge in [0, 0.05) is 12.1 Å². The first-order valence-electron chi connectivity index (χ1n) is 10.8. The highest BCUT2D eigenvalue weighted by molar-refractivity contribution is 6.40. The van der Waals surface area contributed by atoms with Crippen LogP contribution in [0.5, 0.6) is 0 Å². The monoisotopic (exact) mass is 374 g/mol. The van der Waals surface area contributed by atoms with Crippen LogP contribution in [0, 0.1) is 12.8 Å². The van der Waals surface area contributed by atoms with Crippen LogP contribution in [0.2, 0.25) is 6.32 Å². The van der Waals surface area contributed by atoms with Crippen LogP contribution >= 0.6 is 0 Å². The molecule has 2 rings (SSSR count). The normalized spacial score (nSPS) is 18.4. The van der Waals surface area contributed by atoms with Gasteiger partial charge in [-0.2, -0.15) is 0 Å². The highest BCUT2D eigenvalue weighted by atomic mass is 16.4. The van der Waals surface area contributed by atoms with Crippen LogP contribution in [0.4, 0.5) is 0 Å². The molecule has 0 aromatic heterocycles. The van der Waals surface area contributed by atoms with E-state index in [4.69, 9.17) is 15.8 Å². The van der Waals surface area contributed by atoms with E-state index >= 15 is 0 Å². The standard InChI is InChI=1S/C22H39BN2O2/c1-4-7-19-16-18(2)8-9-20(19)17-25-14-10-21(11-15-25)22(3,24)12-5-6-13-23(26)27/h8-9,16,21,26-27H,4-7,10-15,17,24H2,1-3H3. The summed E-state index contributed by atoms with van der Waals surface area (Å²) in [5.74, 6) is 0.556. The van der Waals surface area contributed by atoms with Crippen LogP contribution in [-0.4, -0.2) is 40.7 Å². The lowest BCUT2D eigenvalue weighted by Crippen LogP contribution is -2.49. The highest BCUT2D eigenvalue weighted by Crippen LogP contribution is 2.31. The van der Waals surface area contributed by atoms with E-state index in [2.05, 4.69) is 43.9 Å². The van der Waals surface area contributed by atoms with E-state index in [0.717, 1.165) is 58.2 Å². The van der Waals surface area contributed by atoms with Gasteiger partial charge in [0.05, 0.1) is 0 Å². The van der Waals surface area contributed by atoms with Gasteiger partial charge in [0.15, 0.2) is 0 Å². The van der Waals surface area contributed by atoms with Gasteiger partial charge >= 0.3 is 7.12 Å². The summed E-state index contributed by atoms with van der Waals surface area (Å²) in [5.41, 5.74) is 10.8.